The molecule has 5 nitrogen and oxygen atoms in total. The van der Waals surface area contributed by atoms with Crippen LogP contribution in [-0.2, 0) is 0 Å². The molecule has 5 heteroatoms. The third kappa shape index (κ3) is 5.58. The molecule has 0 atom stereocenters. The number of nitrogens with zero attached hydrogens (tertiary/aromatic N) is 2. The zero-order valence-electron chi connectivity index (χ0n) is 25.4. The molecule has 0 saturated carbocycles. The van der Waals surface area contributed by atoms with E-state index in [9.17, 15) is 0 Å². The van der Waals surface area contributed by atoms with Crippen LogP contribution in [0, 0.1) is 12.3 Å². The summed E-state index contributed by atoms with van der Waals surface area (Å²) < 4.78 is 8.66. The number of rotatable bonds is 3. The van der Waals surface area contributed by atoms with Crippen molar-refractivity contribution in [3.63, 3.8) is 0 Å². The quantitative estimate of drug-likeness (QED) is 0.157. The fourth-order valence-corrected chi connectivity index (χ4v) is 5.77. The molecule has 7 aromatic rings. The normalized spacial score (nSPS) is 12.0. The highest BCUT2D eigenvalue weighted by molar-refractivity contribution is 6.13. The Kier molecular flexibility index (Phi) is 7.71. The molecule has 0 amide bonds. The first-order valence-electron chi connectivity index (χ1n) is 15.2. The van der Waals surface area contributed by atoms with Crippen LogP contribution >= 0.6 is 0 Å². The maximum absolute atomic E-state index is 8.40. The Bertz CT molecular complexity index is 2260. The van der Waals surface area contributed by atoms with E-state index in [4.69, 9.17) is 15.9 Å². The van der Waals surface area contributed by atoms with Gasteiger partial charge in [-0.25, -0.2) is 4.99 Å². The lowest BCUT2D eigenvalue weighted by molar-refractivity contribution is 0.482. The van der Waals surface area contributed by atoms with Crippen LogP contribution in [0.3, 0.4) is 0 Å². The second-order valence-electron chi connectivity index (χ2n) is 11.1. The van der Waals surface area contributed by atoms with Crippen LogP contribution in [0.25, 0.3) is 39.6 Å². The first-order valence-corrected chi connectivity index (χ1v) is 15.2. The van der Waals surface area contributed by atoms with Crippen molar-refractivity contribution < 1.29 is 4.74 Å². The van der Waals surface area contributed by atoms with E-state index < -0.39 is 0 Å². The van der Waals surface area contributed by atoms with Gasteiger partial charge in [0.1, 0.15) is 17.3 Å². The number of benzene rings is 6. The van der Waals surface area contributed by atoms with E-state index in [0.29, 0.717) is 5.84 Å². The summed E-state index contributed by atoms with van der Waals surface area (Å²) in [7, 11) is 0. The van der Waals surface area contributed by atoms with Crippen molar-refractivity contribution >= 4 is 45.6 Å². The first-order chi connectivity index (χ1) is 22.6. The summed E-state index contributed by atoms with van der Waals surface area (Å²) in [6.45, 7) is 2.08. The summed E-state index contributed by atoms with van der Waals surface area (Å²) in [5.74, 6) is 2.06. The lowest BCUT2D eigenvalue weighted by atomic mass is 10.1. The molecule has 0 unspecified atom stereocenters. The van der Waals surface area contributed by atoms with Gasteiger partial charge in [-0.05, 0) is 49.4 Å². The van der Waals surface area contributed by atoms with Crippen LogP contribution in [0.4, 0.5) is 0 Å². The average molecular weight is 597 g/mol. The van der Waals surface area contributed by atoms with Crippen LogP contribution in [0.15, 0.2) is 151 Å². The molecule has 0 fully saturated rings. The molecule has 0 bridgehead atoms. The van der Waals surface area contributed by atoms with Crippen LogP contribution < -0.4 is 10.5 Å². The van der Waals surface area contributed by atoms with Gasteiger partial charge in [-0.15, -0.1) is 0 Å². The van der Waals surface area contributed by atoms with Gasteiger partial charge >= 0.3 is 0 Å². The molecule has 1 aromatic heterocycles. The average Bonchev–Trinajstić information content (AvgIpc) is 3.31. The number of hydrogen-bond acceptors (Lipinski definition) is 2. The molecule has 8 rings (SSSR count). The molecular formula is C41H32N4O. The maximum atomic E-state index is 8.40. The van der Waals surface area contributed by atoms with Crippen molar-refractivity contribution in [2.75, 3.05) is 0 Å². The van der Waals surface area contributed by atoms with E-state index in [2.05, 4.69) is 89.3 Å². The highest BCUT2D eigenvalue weighted by atomic mass is 16.5. The summed E-state index contributed by atoms with van der Waals surface area (Å²) in [5.41, 5.74) is 14.4. The van der Waals surface area contributed by atoms with E-state index in [1.807, 2.05) is 84.9 Å². The Morgan fingerprint density at radius 3 is 2.13 bits per heavy atom. The Morgan fingerprint density at radius 1 is 0.652 bits per heavy atom. The molecule has 2 heterocycles. The molecule has 46 heavy (non-hydrogen) atoms. The minimum Gasteiger partial charge on any atom is -0.456 e. The molecule has 6 aromatic carbocycles. The minimum absolute atomic E-state index is 0.127. The highest BCUT2D eigenvalue weighted by Gasteiger charge is 2.20. The van der Waals surface area contributed by atoms with E-state index in [1.165, 1.54) is 5.56 Å². The number of aromatic nitrogens is 1. The van der Waals surface area contributed by atoms with Crippen molar-refractivity contribution in [3.05, 3.63) is 173 Å². The first kappa shape index (κ1) is 28.6. The predicted molar refractivity (Wildman–Crippen MR) is 191 cm³/mol. The van der Waals surface area contributed by atoms with Gasteiger partial charge in [0, 0.05) is 38.7 Å². The second kappa shape index (κ2) is 12.4. The molecule has 1 aliphatic heterocycles. The SMILES string of the molecule is Cc1ccccc1.N=C(N=C(N)c1cccc(-n2c3ccccc3c3ccc4c(c32)C=Cc2ccccc2O4)c1)c1ccccc1. The number of aryl methyl sites for hydroxylation is 1. The molecule has 0 aliphatic carbocycles. The van der Waals surface area contributed by atoms with Crippen LogP contribution in [0.5, 0.6) is 11.5 Å². The van der Waals surface area contributed by atoms with Crippen molar-refractivity contribution in [2.45, 2.75) is 6.92 Å². The number of hydrogen-bond donors (Lipinski definition) is 2. The standard InChI is InChI=1S/C34H24N4O.C7H8/c35-33(23-10-2-1-3-11-23)37-34(36)24-12-8-13-25(21-24)38-29-15-6-5-14-26(29)27-19-20-31-28(32(27)38)18-17-22-9-4-7-16-30(22)39-31;1-7-5-3-2-4-6-7/h1-21H,(H3,35,36,37);2-6H,1H3. The summed E-state index contributed by atoms with van der Waals surface area (Å²) in [4.78, 5) is 4.41. The summed E-state index contributed by atoms with van der Waals surface area (Å²) in [6.07, 6.45) is 4.25. The Labute approximate surface area is 268 Å². The lowest BCUT2D eigenvalue weighted by Gasteiger charge is -2.14. The van der Waals surface area contributed by atoms with Gasteiger partial charge in [-0.3, -0.25) is 5.41 Å². The van der Waals surface area contributed by atoms with Gasteiger partial charge in [0.15, 0.2) is 5.84 Å². The lowest BCUT2D eigenvalue weighted by Crippen LogP contribution is -2.16. The van der Waals surface area contributed by atoms with Gasteiger partial charge in [-0.1, -0.05) is 121 Å². The fraction of sp³-hybridized carbons (Fsp3) is 0.0244. The van der Waals surface area contributed by atoms with Gasteiger partial charge in [-0.2, -0.15) is 0 Å². The van der Waals surface area contributed by atoms with Crippen molar-refractivity contribution in [2.24, 2.45) is 10.7 Å². The second-order valence-corrected chi connectivity index (χ2v) is 11.1. The summed E-state index contributed by atoms with van der Waals surface area (Å²) in [6, 6.07) is 48.3. The van der Waals surface area contributed by atoms with Crippen LogP contribution in [-0.4, -0.2) is 16.2 Å². The smallest absolute Gasteiger partial charge is 0.154 e. The topological polar surface area (TPSA) is 76.4 Å². The number of fused-ring (bicyclic) bond motifs is 6. The van der Waals surface area contributed by atoms with Gasteiger partial charge in [0.2, 0.25) is 0 Å². The van der Waals surface area contributed by atoms with E-state index >= 15 is 0 Å². The number of aliphatic imine (C=N–C) groups is 1. The van der Waals surface area contributed by atoms with Crippen molar-refractivity contribution in [3.8, 4) is 17.2 Å². The number of nitrogens with one attached hydrogen (secondary N) is 1. The molecule has 0 radical (unpaired) electrons. The largest absolute Gasteiger partial charge is 0.456 e. The maximum Gasteiger partial charge on any atom is 0.154 e. The third-order valence-electron chi connectivity index (χ3n) is 8.02. The number of nitrogens with two attached hydrogens (primary N) is 1. The number of ether oxygens (including phenoxy) is 1. The summed E-state index contributed by atoms with van der Waals surface area (Å²) in [5, 5.41) is 10.7. The highest BCUT2D eigenvalue weighted by Crippen LogP contribution is 2.42. The molecule has 3 N–H and O–H groups in total. The zero-order valence-corrected chi connectivity index (χ0v) is 25.4. The van der Waals surface area contributed by atoms with Gasteiger partial charge in [0.05, 0.1) is 11.0 Å². The number of para-hydroxylation sites is 2. The van der Waals surface area contributed by atoms with Gasteiger partial charge in [0.25, 0.3) is 0 Å². The predicted octanol–water partition coefficient (Wildman–Crippen LogP) is 9.79. The van der Waals surface area contributed by atoms with E-state index in [1.54, 1.807) is 0 Å². The third-order valence-corrected chi connectivity index (χ3v) is 8.02. The van der Waals surface area contributed by atoms with Crippen LogP contribution in [0.1, 0.15) is 27.8 Å². The van der Waals surface area contributed by atoms with E-state index in [0.717, 1.165) is 61.2 Å². The van der Waals surface area contributed by atoms with Crippen LogP contribution in [0.2, 0.25) is 0 Å². The van der Waals surface area contributed by atoms with Gasteiger partial charge < -0.3 is 15.0 Å². The number of amidine groups is 2. The molecular weight excluding hydrogens is 564 g/mol. The van der Waals surface area contributed by atoms with Crippen molar-refractivity contribution in [1.29, 1.82) is 5.41 Å². The Balaban J connectivity index is 0.000000430. The van der Waals surface area contributed by atoms with E-state index in [-0.39, 0.29) is 5.84 Å². The fourth-order valence-electron chi connectivity index (χ4n) is 5.77. The molecule has 0 saturated heterocycles. The summed E-state index contributed by atoms with van der Waals surface area (Å²) >= 11 is 0. The minimum atomic E-state index is 0.127. The Morgan fingerprint density at radius 2 is 1.35 bits per heavy atom. The molecule has 0 spiro atoms. The molecule has 222 valence electrons. The molecule has 1 aliphatic rings. The monoisotopic (exact) mass is 596 g/mol. The Hall–Kier alpha value is -6.20. The zero-order chi connectivity index (χ0) is 31.5. The van der Waals surface area contributed by atoms with Crippen molar-refractivity contribution in [1.82, 2.24) is 4.57 Å².